The van der Waals surface area contributed by atoms with Crippen LogP contribution in [0.4, 0.5) is 10.8 Å². The number of rotatable bonds is 3. The van der Waals surface area contributed by atoms with Gasteiger partial charge in [-0.05, 0) is 29.8 Å². The molecular formula is C15H10ClN3O2S. The molecule has 0 bridgehead atoms. The van der Waals surface area contributed by atoms with Crippen LogP contribution in [0, 0.1) is 10.1 Å². The normalized spacial score (nSPS) is 10.6. The number of halogens is 1. The summed E-state index contributed by atoms with van der Waals surface area (Å²) in [5.41, 5.74) is 8.36. The largest absolute Gasteiger partial charge is 0.375 e. The number of hydrogen-bond acceptors (Lipinski definition) is 5. The van der Waals surface area contributed by atoms with Crippen molar-refractivity contribution < 1.29 is 4.92 Å². The molecule has 2 aromatic carbocycles. The molecule has 3 rings (SSSR count). The molecule has 1 aromatic heterocycles. The summed E-state index contributed by atoms with van der Waals surface area (Å²) in [5, 5.41) is 11.8. The summed E-state index contributed by atoms with van der Waals surface area (Å²) in [7, 11) is 0. The molecule has 0 saturated heterocycles. The number of anilines is 1. The van der Waals surface area contributed by atoms with Gasteiger partial charge in [-0.2, -0.15) is 0 Å². The Morgan fingerprint density at radius 2 is 1.64 bits per heavy atom. The zero-order valence-electron chi connectivity index (χ0n) is 11.2. The summed E-state index contributed by atoms with van der Waals surface area (Å²) < 4.78 is 0. The van der Waals surface area contributed by atoms with Crippen molar-refractivity contribution in [1.29, 1.82) is 0 Å². The van der Waals surface area contributed by atoms with Crippen molar-refractivity contribution in [1.82, 2.24) is 4.98 Å². The Morgan fingerprint density at radius 3 is 2.23 bits per heavy atom. The minimum absolute atomic E-state index is 0.0503. The third kappa shape index (κ3) is 2.79. The van der Waals surface area contributed by atoms with E-state index >= 15 is 0 Å². The zero-order chi connectivity index (χ0) is 15.7. The highest BCUT2D eigenvalue weighted by molar-refractivity contribution is 7.19. The third-order valence-corrected chi connectivity index (χ3v) is 4.29. The van der Waals surface area contributed by atoms with Crippen LogP contribution >= 0.6 is 22.9 Å². The van der Waals surface area contributed by atoms with Gasteiger partial charge < -0.3 is 5.73 Å². The van der Waals surface area contributed by atoms with Gasteiger partial charge in [0.2, 0.25) is 0 Å². The Bertz CT molecular complexity index is 829. The maximum Gasteiger partial charge on any atom is 0.269 e. The van der Waals surface area contributed by atoms with Crippen LogP contribution in [-0.2, 0) is 0 Å². The van der Waals surface area contributed by atoms with E-state index in [1.54, 1.807) is 24.3 Å². The molecule has 0 spiro atoms. The highest BCUT2D eigenvalue weighted by atomic mass is 35.5. The fourth-order valence-electron chi connectivity index (χ4n) is 2.07. The van der Waals surface area contributed by atoms with Crippen molar-refractivity contribution in [3.05, 3.63) is 63.7 Å². The topological polar surface area (TPSA) is 82.0 Å². The predicted octanol–water partition coefficient (Wildman–Crippen LogP) is 4.62. The molecule has 1 heterocycles. The van der Waals surface area contributed by atoms with E-state index in [0.29, 0.717) is 10.2 Å². The lowest BCUT2D eigenvalue weighted by atomic mass is 10.1. The molecule has 0 fully saturated rings. The highest BCUT2D eigenvalue weighted by Gasteiger charge is 2.15. The minimum Gasteiger partial charge on any atom is -0.375 e. The molecule has 5 nitrogen and oxygen atoms in total. The summed E-state index contributed by atoms with van der Waals surface area (Å²) >= 11 is 7.25. The van der Waals surface area contributed by atoms with Crippen LogP contribution in [0.2, 0.25) is 5.02 Å². The molecular weight excluding hydrogens is 322 g/mol. The lowest BCUT2D eigenvalue weighted by Crippen LogP contribution is -1.87. The number of nitro groups is 1. The van der Waals surface area contributed by atoms with Gasteiger partial charge in [0.25, 0.3) is 5.69 Å². The Hall–Kier alpha value is -2.44. The second kappa shape index (κ2) is 5.75. The van der Waals surface area contributed by atoms with Crippen LogP contribution in [-0.4, -0.2) is 9.91 Å². The Labute approximate surface area is 135 Å². The number of nitrogens with zero attached hydrogens (tertiary/aromatic N) is 2. The molecule has 0 atom stereocenters. The molecule has 22 heavy (non-hydrogen) atoms. The van der Waals surface area contributed by atoms with E-state index in [4.69, 9.17) is 17.3 Å². The van der Waals surface area contributed by atoms with Gasteiger partial charge in [0.1, 0.15) is 0 Å². The first-order valence-corrected chi connectivity index (χ1v) is 7.51. The van der Waals surface area contributed by atoms with E-state index < -0.39 is 4.92 Å². The molecule has 0 saturated carbocycles. The first kappa shape index (κ1) is 14.5. The van der Waals surface area contributed by atoms with Crippen LogP contribution in [0.1, 0.15) is 0 Å². The molecule has 7 heteroatoms. The van der Waals surface area contributed by atoms with E-state index in [0.717, 1.165) is 21.7 Å². The fourth-order valence-corrected chi connectivity index (χ4v) is 3.06. The van der Waals surface area contributed by atoms with Crippen LogP contribution in [0.25, 0.3) is 21.7 Å². The van der Waals surface area contributed by atoms with E-state index in [-0.39, 0.29) is 5.69 Å². The summed E-state index contributed by atoms with van der Waals surface area (Å²) in [4.78, 5) is 15.5. The van der Waals surface area contributed by atoms with E-state index in [2.05, 4.69) is 4.98 Å². The second-order valence-corrected chi connectivity index (χ2v) is 6.01. The van der Waals surface area contributed by atoms with Gasteiger partial charge in [-0.3, -0.25) is 10.1 Å². The van der Waals surface area contributed by atoms with Gasteiger partial charge in [-0.1, -0.05) is 35.1 Å². The molecule has 3 aromatic rings. The minimum atomic E-state index is -0.426. The maximum atomic E-state index is 10.7. The first-order chi connectivity index (χ1) is 10.5. The summed E-state index contributed by atoms with van der Waals surface area (Å²) in [5.74, 6) is 0. The average Bonchev–Trinajstić information content (AvgIpc) is 2.90. The van der Waals surface area contributed by atoms with Gasteiger partial charge >= 0.3 is 0 Å². The predicted molar refractivity (Wildman–Crippen MR) is 89.1 cm³/mol. The monoisotopic (exact) mass is 331 g/mol. The van der Waals surface area contributed by atoms with Gasteiger partial charge in [-0.15, -0.1) is 0 Å². The smallest absolute Gasteiger partial charge is 0.269 e. The average molecular weight is 332 g/mol. The van der Waals surface area contributed by atoms with Crippen molar-refractivity contribution in [2.75, 3.05) is 5.73 Å². The van der Waals surface area contributed by atoms with Crippen LogP contribution in [0.5, 0.6) is 0 Å². The van der Waals surface area contributed by atoms with E-state index in [1.165, 1.54) is 23.5 Å². The summed E-state index contributed by atoms with van der Waals surface area (Å²) in [6, 6.07) is 13.6. The number of nitro benzene ring substituents is 1. The van der Waals surface area contributed by atoms with E-state index in [1.807, 2.05) is 12.1 Å². The number of aromatic nitrogens is 1. The van der Waals surface area contributed by atoms with Crippen molar-refractivity contribution in [2.24, 2.45) is 0 Å². The van der Waals surface area contributed by atoms with Crippen LogP contribution in [0.15, 0.2) is 48.5 Å². The zero-order valence-corrected chi connectivity index (χ0v) is 12.8. The summed E-state index contributed by atoms with van der Waals surface area (Å²) in [6.07, 6.45) is 0. The molecule has 2 N–H and O–H groups in total. The highest BCUT2D eigenvalue weighted by Crippen LogP contribution is 2.38. The molecule has 0 radical (unpaired) electrons. The van der Waals surface area contributed by atoms with Crippen LogP contribution < -0.4 is 5.73 Å². The Kier molecular flexibility index (Phi) is 3.79. The number of benzene rings is 2. The Balaban J connectivity index is 2.07. The molecule has 0 aliphatic heterocycles. The van der Waals surface area contributed by atoms with E-state index in [9.17, 15) is 10.1 Å². The SMILES string of the molecule is Nc1nc(-c2ccc(Cl)cc2)c(-c2ccc([N+](=O)[O-])cc2)s1. The molecule has 110 valence electrons. The van der Waals surface area contributed by atoms with Crippen molar-refractivity contribution >= 4 is 33.8 Å². The first-order valence-electron chi connectivity index (χ1n) is 6.31. The molecule has 0 aliphatic carbocycles. The fraction of sp³-hybridized carbons (Fsp3) is 0. The molecule has 0 amide bonds. The van der Waals surface area contributed by atoms with Gasteiger partial charge in [-0.25, -0.2) is 4.98 Å². The number of hydrogen-bond donors (Lipinski definition) is 1. The molecule has 0 aliphatic rings. The second-order valence-electron chi connectivity index (χ2n) is 4.54. The maximum absolute atomic E-state index is 10.7. The summed E-state index contributed by atoms with van der Waals surface area (Å²) in [6.45, 7) is 0. The lowest BCUT2D eigenvalue weighted by molar-refractivity contribution is -0.384. The van der Waals surface area contributed by atoms with Crippen LogP contribution in [0.3, 0.4) is 0 Å². The third-order valence-electron chi connectivity index (χ3n) is 3.10. The number of non-ortho nitro benzene ring substituents is 1. The van der Waals surface area contributed by atoms with Gasteiger partial charge in [0, 0.05) is 22.7 Å². The lowest BCUT2D eigenvalue weighted by Gasteiger charge is -2.03. The van der Waals surface area contributed by atoms with Gasteiger partial charge in [0.15, 0.2) is 5.13 Å². The quantitative estimate of drug-likeness (QED) is 0.560. The van der Waals surface area contributed by atoms with Crippen molar-refractivity contribution in [3.8, 4) is 21.7 Å². The number of nitrogen functional groups attached to an aromatic ring is 1. The Morgan fingerprint density at radius 1 is 1.05 bits per heavy atom. The molecule has 0 unspecified atom stereocenters. The van der Waals surface area contributed by atoms with Gasteiger partial charge in [0.05, 0.1) is 15.5 Å². The standard InChI is InChI=1S/C15H10ClN3O2S/c16-11-5-1-9(2-6-11)13-14(22-15(17)18-13)10-3-7-12(8-4-10)19(20)21/h1-8H,(H2,17,18). The number of nitrogens with two attached hydrogens (primary N) is 1. The number of thiazole rings is 1. The van der Waals surface area contributed by atoms with Crippen molar-refractivity contribution in [3.63, 3.8) is 0 Å². The van der Waals surface area contributed by atoms with Crippen molar-refractivity contribution in [2.45, 2.75) is 0 Å².